The molecule has 1 aromatic rings. The van der Waals surface area contributed by atoms with Crippen molar-refractivity contribution >= 4 is 27.4 Å². The molecule has 0 fully saturated rings. The first-order chi connectivity index (χ1) is 9.29. The van der Waals surface area contributed by atoms with Crippen LogP contribution >= 0.6 is 12.2 Å². The molecule has 0 bridgehead atoms. The molecule has 0 atom stereocenters. The lowest BCUT2D eigenvalue weighted by molar-refractivity contribution is 0.597. The molecule has 0 aliphatic heterocycles. The van der Waals surface area contributed by atoms with Crippen molar-refractivity contribution in [2.75, 3.05) is 13.1 Å². The van der Waals surface area contributed by atoms with Gasteiger partial charge in [0.2, 0.25) is 10.0 Å². The van der Waals surface area contributed by atoms with Crippen LogP contribution in [-0.4, -0.2) is 26.6 Å². The molecule has 0 unspecified atom stereocenters. The van der Waals surface area contributed by atoms with E-state index in [1.54, 1.807) is 12.1 Å². The number of primary sulfonamides is 1. The predicted octanol–water partition coefficient (Wildman–Crippen LogP) is 0.997. The van der Waals surface area contributed by atoms with Crippen molar-refractivity contribution in [3.8, 4) is 0 Å². The molecule has 1 rings (SSSR count). The van der Waals surface area contributed by atoms with Gasteiger partial charge in [0, 0.05) is 13.1 Å². The zero-order valence-corrected chi connectivity index (χ0v) is 13.4. The smallest absolute Gasteiger partial charge is 0.238 e. The monoisotopic (exact) mass is 315 g/mol. The first-order valence-electron chi connectivity index (χ1n) is 6.42. The van der Waals surface area contributed by atoms with E-state index in [0.29, 0.717) is 17.6 Å². The van der Waals surface area contributed by atoms with Crippen molar-refractivity contribution in [3.63, 3.8) is 0 Å². The summed E-state index contributed by atoms with van der Waals surface area (Å²) < 4.78 is 22.2. The van der Waals surface area contributed by atoms with Crippen LogP contribution < -0.4 is 15.8 Å². The standard InChI is InChI=1S/C13H21N3O2S2/c1-10(2)9-16-13(19)15-8-7-11-3-5-12(6-4-11)20(14,17)18/h3-6,10H,7-9H2,1-2H3,(H2,14,17,18)(H2,15,16,19). The number of hydrogen-bond acceptors (Lipinski definition) is 3. The third-order valence-electron chi connectivity index (χ3n) is 2.62. The highest BCUT2D eigenvalue weighted by Gasteiger charge is 2.06. The van der Waals surface area contributed by atoms with Gasteiger partial charge in [-0.05, 0) is 42.3 Å². The second-order valence-electron chi connectivity index (χ2n) is 4.97. The van der Waals surface area contributed by atoms with Crippen molar-refractivity contribution in [1.82, 2.24) is 10.6 Å². The quantitative estimate of drug-likeness (QED) is 0.682. The second kappa shape index (κ2) is 7.56. The van der Waals surface area contributed by atoms with E-state index in [0.717, 1.165) is 18.5 Å². The van der Waals surface area contributed by atoms with E-state index in [9.17, 15) is 8.42 Å². The summed E-state index contributed by atoms with van der Waals surface area (Å²) in [6, 6.07) is 6.54. The number of thiocarbonyl (C=S) groups is 1. The van der Waals surface area contributed by atoms with Crippen LogP contribution in [0, 0.1) is 5.92 Å². The third-order valence-corrected chi connectivity index (χ3v) is 3.84. The summed E-state index contributed by atoms with van der Waals surface area (Å²) in [4.78, 5) is 0.128. The van der Waals surface area contributed by atoms with Gasteiger partial charge in [0.25, 0.3) is 0 Å². The SMILES string of the molecule is CC(C)CNC(=S)NCCc1ccc(S(N)(=O)=O)cc1. The predicted molar refractivity (Wildman–Crippen MR) is 85.0 cm³/mol. The van der Waals surface area contributed by atoms with E-state index in [2.05, 4.69) is 24.5 Å². The molecule has 0 saturated carbocycles. The van der Waals surface area contributed by atoms with Gasteiger partial charge < -0.3 is 10.6 Å². The molecule has 0 radical (unpaired) electrons. The molecular weight excluding hydrogens is 294 g/mol. The highest BCUT2D eigenvalue weighted by atomic mass is 32.2. The van der Waals surface area contributed by atoms with E-state index < -0.39 is 10.0 Å². The zero-order valence-electron chi connectivity index (χ0n) is 11.7. The third kappa shape index (κ3) is 6.31. The molecule has 112 valence electrons. The number of sulfonamides is 1. The molecule has 0 amide bonds. The molecule has 0 heterocycles. The van der Waals surface area contributed by atoms with Crippen molar-refractivity contribution in [2.45, 2.75) is 25.2 Å². The highest BCUT2D eigenvalue weighted by Crippen LogP contribution is 2.08. The van der Waals surface area contributed by atoms with E-state index in [1.807, 2.05) is 0 Å². The Morgan fingerprint density at radius 2 is 1.85 bits per heavy atom. The maximum absolute atomic E-state index is 11.1. The van der Waals surface area contributed by atoms with Gasteiger partial charge in [-0.25, -0.2) is 13.6 Å². The zero-order chi connectivity index (χ0) is 15.2. The van der Waals surface area contributed by atoms with Crippen LogP contribution in [0.25, 0.3) is 0 Å². The van der Waals surface area contributed by atoms with Crippen LogP contribution in [0.2, 0.25) is 0 Å². The summed E-state index contributed by atoms with van der Waals surface area (Å²) >= 11 is 5.14. The first-order valence-corrected chi connectivity index (χ1v) is 8.38. The summed E-state index contributed by atoms with van der Waals surface area (Å²) in [6.07, 6.45) is 0.758. The van der Waals surface area contributed by atoms with Crippen LogP contribution in [0.15, 0.2) is 29.2 Å². The maximum Gasteiger partial charge on any atom is 0.238 e. The molecule has 7 heteroatoms. The average Bonchev–Trinajstić information content (AvgIpc) is 2.36. The number of hydrogen-bond donors (Lipinski definition) is 3. The van der Waals surface area contributed by atoms with E-state index in [-0.39, 0.29) is 4.90 Å². The normalized spacial score (nSPS) is 11.4. The average molecular weight is 315 g/mol. The summed E-state index contributed by atoms with van der Waals surface area (Å²) in [5, 5.41) is 11.9. The molecule has 0 spiro atoms. The summed E-state index contributed by atoms with van der Waals surface area (Å²) in [5.74, 6) is 0.542. The Hall–Kier alpha value is -1.18. The lowest BCUT2D eigenvalue weighted by atomic mass is 10.1. The molecule has 1 aromatic carbocycles. The van der Waals surface area contributed by atoms with Crippen molar-refractivity contribution in [3.05, 3.63) is 29.8 Å². The number of rotatable bonds is 6. The summed E-state index contributed by atoms with van der Waals surface area (Å²) in [5.41, 5.74) is 1.02. The fourth-order valence-electron chi connectivity index (χ4n) is 1.53. The molecule has 4 N–H and O–H groups in total. The lowest BCUT2D eigenvalue weighted by Gasteiger charge is -2.12. The Kier molecular flexibility index (Phi) is 6.38. The van der Waals surface area contributed by atoms with Gasteiger partial charge in [0.05, 0.1) is 4.90 Å². The van der Waals surface area contributed by atoms with Gasteiger partial charge in [-0.1, -0.05) is 26.0 Å². The molecular formula is C13H21N3O2S2. The van der Waals surface area contributed by atoms with E-state index >= 15 is 0 Å². The minimum atomic E-state index is -3.62. The minimum Gasteiger partial charge on any atom is -0.362 e. The second-order valence-corrected chi connectivity index (χ2v) is 6.94. The number of nitrogens with two attached hydrogens (primary N) is 1. The summed E-state index contributed by atoms with van der Waals surface area (Å²) in [6.45, 7) is 5.76. The van der Waals surface area contributed by atoms with Crippen LogP contribution in [0.5, 0.6) is 0 Å². The molecule has 5 nitrogen and oxygen atoms in total. The molecule has 0 aliphatic carbocycles. The lowest BCUT2D eigenvalue weighted by Crippen LogP contribution is -2.38. The van der Waals surface area contributed by atoms with Gasteiger partial charge in [-0.3, -0.25) is 0 Å². The Morgan fingerprint density at radius 3 is 2.35 bits per heavy atom. The minimum absolute atomic E-state index is 0.128. The molecule has 0 aliphatic rings. The molecule has 20 heavy (non-hydrogen) atoms. The van der Waals surface area contributed by atoms with Crippen LogP contribution in [-0.2, 0) is 16.4 Å². The Morgan fingerprint density at radius 1 is 1.25 bits per heavy atom. The molecule has 0 saturated heterocycles. The first kappa shape index (κ1) is 16.9. The van der Waals surface area contributed by atoms with E-state index in [4.69, 9.17) is 17.4 Å². The molecule has 0 aromatic heterocycles. The Labute approximate surface area is 126 Å². The van der Waals surface area contributed by atoms with Crippen LogP contribution in [0.4, 0.5) is 0 Å². The fourth-order valence-corrected chi connectivity index (χ4v) is 2.23. The van der Waals surface area contributed by atoms with Crippen LogP contribution in [0.1, 0.15) is 19.4 Å². The summed E-state index contributed by atoms with van der Waals surface area (Å²) in [7, 11) is -3.62. The van der Waals surface area contributed by atoms with Crippen molar-refractivity contribution in [2.24, 2.45) is 11.1 Å². The highest BCUT2D eigenvalue weighted by molar-refractivity contribution is 7.89. The topological polar surface area (TPSA) is 84.2 Å². The Balaban J connectivity index is 2.38. The largest absolute Gasteiger partial charge is 0.362 e. The maximum atomic E-state index is 11.1. The van der Waals surface area contributed by atoms with Crippen molar-refractivity contribution < 1.29 is 8.42 Å². The number of benzene rings is 1. The van der Waals surface area contributed by atoms with E-state index in [1.165, 1.54) is 12.1 Å². The van der Waals surface area contributed by atoms with Gasteiger partial charge in [-0.2, -0.15) is 0 Å². The van der Waals surface area contributed by atoms with Gasteiger partial charge in [0.1, 0.15) is 0 Å². The Bertz CT molecular complexity index is 539. The van der Waals surface area contributed by atoms with Crippen LogP contribution in [0.3, 0.4) is 0 Å². The van der Waals surface area contributed by atoms with Gasteiger partial charge in [0.15, 0.2) is 5.11 Å². The van der Waals surface area contributed by atoms with Crippen molar-refractivity contribution in [1.29, 1.82) is 0 Å². The van der Waals surface area contributed by atoms with Gasteiger partial charge >= 0.3 is 0 Å². The fraction of sp³-hybridized carbons (Fsp3) is 0.462. The van der Waals surface area contributed by atoms with Gasteiger partial charge in [-0.15, -0.1) is 0 Å². The number of nitrogens with one attached hydrogen (secondary N) is 2.